The van der Waals surface area contributed by atoms with Gasteiger partial charge in [-0.15, -0.1) is 11.8 Å². The Balaban J connectivity index is 0.987. The number of thiazole rings is 1. The molecule has 145 heavy (non-hydrogen) atoms. The van der Waals surface area contributed by atoms with Crippen molar-refractivity contribution in [3.05, 3.63) is 132 Å². The number of aliphatic carboxylic acids is 1. The van der Waals surface area contributed by atoms with Crippen molar-refractivity contribution in [2.24, 2.45) is 40.7 Å². The summed E-state index contributed by atoms with van der Waals surface area (Å²) in [5.74, 6) is -18.4. The largest absolute Gasteiger partial charge is 0.508 e. The maximum Gasteiger partial charge on any atom is 0.323 e. The number of nitrogens with zero attached hydrogens (tertiary/aromatic N) is 7. The number of aliphatic hydroxyl groups is 1. The average Bonchev–Trinajstić information content (AvgIpc) is 1.56. The number of carboxylic acids is 1. The number of amides is 17. The number of aromatic nitrogens is 3. The van der Waals surface area contributed by atoms with Gasteiger partial charge in [0.2, 0.25) is 94.5 Å². The lowest BCUT2D eigenvalue weighted by Gasteiger charge is -2.35. The third kappa shape index (κ3) is 32.2. The minimum absolute atomic E-state index is 0.00138. The molecule has 0 bridgehead atoms. The van der Waals surface area contributed by atoms with E-state index in [9.17, 15) is 72.4 Å². The van der Waals surface area contributed by atoms with Crippen LogP contribution >= 0.6 is 23.1 Å². The van der Waals surface area contributed by atoms with E-state index in [1.165, 1.54) is 80.1 Å². The summed E-state index contributed by atoms with van der Waals surface area (Å²) in [7, 11) is 4.05. The van der Waals surface area contributed by atoms with Gasteiger partial charge in [0.05, 0.1) is 35.0 Å². The fourth-order valence-electron chi connectivity index (χ4n) is 17.5. The molecule has 5 heterocycles. The maximum absolute atomic E-state index is 15.9. The molecule has 2 aliphatic rings. The number of hydrogen-bond donors (Lipinski definition) is 18. The molecule has 46 heteroatoms. The van der Waals surface area contributed by atoms with Crippen molar-refractivity contribution in [2.75, 3.05) is 70.7 Å². The highest BCUT2D eigenvalue weighted by molar-refractivity contribution is 8.00. The summed E-state index contributed by atoms with van der Waals surface area (Å²) in [5, 5.41) is 59.7. The summed E-state index contributed by atoms with van der Waals surface area (Å²) in [6.07, 6.45) is 3.05. The monoisotopic (exact) mass is 2050 g/mol. The van der Waals surface area contributed by atoms with E-state index in [0.717, 1.165) is 48.3 Å². The fraction of sp³-hybridized carbons (Fsp3) is 0.505. The second-order valence-electron chi connectivity index (χ2n) is 37.5. The number of hydrogen-bond acceptors (Lipinski definition) is 25. The first kappa shape index (κ1) is 114. The van der Waals surface area contributed by atoms with E-state index in [1.807, 2.05) is 13.8 Å². The van der Waals surface area contributed by atoms with E-state index in [-0.39, 0.29) is 105 Å². The van der Waals surface area contributed by atoms with Crippen LogP contribution in [0.3, 0.4) is 0 Å². The predicted octanol–water partition coefficient (Wildman–Crippen LogP) is 1.72. The number of nitrogens with one attached hydrogen (secondary N) is 11. The van der Waals surface area contributed by atoms with Gasteiger partial charge < -0.3 is 125 Å². The van der Waals surface area contributed by atoms with Crippen LogP contribution in [0.25, 0.3) is 38.1 Å². The molecule has 22 N–H and O–H groups in total. The number of para-hydroxylation sites is 2. The number of aliphatic hydroxyl groups excluding tert-OH is 1. The Kier molecular flexibility index (Phi) is 42.6. The van der Waals surface area contributed by atoms with Crippen molar-refractivity contribution in [2.45, 2.75) is 237 Å². The zero-order chi connectivity index (χ0) is 106. The van der Waals surface area contributed by atoms with E-state index in [2.05, 4.69) is 63.1 Å². The summed E-state index contributed by atoms with van der Waals surface area (Å²) in [6, 6.07) is 5.84. The highest BCUT2D eigenvalue weighted by Gasteiger charge is 2.47. The van der Waals surface area contributed by atoms with Crippen LogP contribution in [0.1, 0.15) is 156 Å². The third-order valence-corrected chi connectivity index (χ3v) is 27.3. The number of primary amides is 3. The molecule has 0 aliphatic carbocycles. The molecule has 786 valence electrons. The smallest absolute Gasteiger partial charge is 0.323 e. The topological polar surface area (TPSA) is 642 Å². The lowest BCUT2D eigenvalue weighted by molar-refractivity contribution is -0.147. The van der Waals surface area contributed by atoms with Crippen molar-refractivity contribution >= 4 is 173 Å². The third-order valence-electron chi connectivity index (χ3n) is 25.2. The van der Waals surface area contributed by atoms with Crippen molar-refractivity contribution in [3.8, 4) is 5.75 Å². The normalized spacial score (nSPS) is 16.4. The van der Waals surface area contributed by atoms with Crippen molar-refractivity contribution in [1.82, 2.24) is 86.9 Å². The minimum atomic E-state index is -1.69. The number of likely N-dealkylation sites (N-methyl/N-ethyl adjacent to an activating group) is 3. The van der Waals surface area contributed by atoms with Gasteiger partial charge in [-0.2, -0.15) is 0 Å². The number of phenolic OH excluding ortho intramolecular Hbond substituents is 1. The Morgan fingerprint density at radius 1 is 0.621 bits per heavy atom. The highest BCUT2D eigenvalue weighted by atomic mass is 32.2. The zero-order valence-electron chi connectivity index (χ0n) is 83.2. The van der Waals surface area contributed by atoms with E-state index in [0.29, 0.717) is 63.3 Å². The number of likely N-dealkylation sites (tertiary alicyclic amines) is 2. The van der Waals surface area contributed by atoms with Crippen LogP contribution in [0.2, 0.25) is 0 Å². The van der Waals surface area contributed by atoms with Gasteiger partial charge in [0.1, 0.15) is 96.3 Å². The highest BCUT2D eigenvalue weighted by Crippen LogP contribution is 2.31. The molecule has 0 unspecified atom stereocenters. The summed E-state index contributed by atoms with van der Waals surface area (Å²) < 4.78 is 16.4. The molecule has 9 rings (SSSR count). The Morgan fingerprint density at radius 2 is 1.23 bits per heavy atom. The molecule has 0 radical (unpaired) electrons. The molecule has 2 saturated heterocycles. The van der Waals surface area contributed by atoms with Gasteiger partial charge in [-0.3, -0.25) is 86.3 Å². The van der Waals surface area contributed by atoms with Crippen LogP contribution in [0.5, 0.6) is 5.75 Å². The molecule has 2 aliphatic heterocycles. The van der Waals surface area contributed by atoms with Gasteiger partial charge in [0.15, 0.2) is 5.13 Å². The van der Waals surface area contributed by atoms with Gasteiger partial charge in [-0.1, -0.05) is 134 Å². The number of unbranched alkanes of at least 4 members (excludes halogenated alkanes) is 2. The lowest BCUT2D eigenvalue weighted by Crippen LogP contribution is -2.61. The molecule has 2 fully saturated rings. The van der Waals surface area contributed by atoms with E-state index < -0.39 is 247 Å². The predicted molar refractivity (Wildman–Crippen MR) is 541 cm³/mol. The zero-order valence-corrected chi connectivity index (χ0v) is 84.9. The number of carboxylic acid groups (broad SMARTS) is 1. The standard InChI is InChI=1S/C99H135FN22O21S2/c1-12-14-24-76(91(136)109-68(37-53(3)4)88(133)115-74(51-144-52-83(104)127)86(131)106-47-82(103)126)118(10)98(143)78(25-15-13-2)119(11)95(140)71(41-59-48-120(50-84(128)129)75-26-19-17-22-64(59)75)113-87(132)67(34-35-101)108-89(134)69(40-58-45-105-65-23-18-16-21-63(58)65)110-93(138)79-43-62(124)49-122(79)97(142)70(38-54(5)6)112-90(135)73(46-107-99-116-66-33-30-60(100)42-80(66)145-99)114-92(137)77-27-20-36-121(77)96(141)72(44-81(102)125)111-85(130)56(8)117(9)94(139)55(7)39-57-28-31-61(123)32-29-57/h16-19,21-23,26,28-33,41-42,45,48,53-56,62,67-70,72-74,76-79,105,123-124H,12-15,20,24-25,27,34-40,43-44,46-47,49-52,101H2,1-11H3,(H2,102,125)(H2,103,126)(H2,104,127)(H,106,131)(H,107,116)(H,108,134)(H,109,136)(H,110,138)(H,111,130)(H,112,135)(H,113,132)(H,114,137)(H,115,133)(H,128,129)/b71-41-/t55-,56-,62+,67-,68-,69-,70-,72-,73-,74-,76-,77-,78-,79-/m0/s1. The molecular weight excluding hydrogens is 1920 g/mol. The summed E-state index contributed by atoms with van der Waals surface area (Å²) in [4.78, 5) is 271. The molecule has 0 saturated carbocycles. The minimum Gasteiger partial charge on any atom is -0.508 e. The molecule has 3 aromatic heterocycles. The van der Waals surface area contributed by atoms with Crippen molar-refractivity contribution in [1.29, 1.82) is 0 Å². The van der Waals surface area contributed by atoms with Gasteiger partial charge in [0, 0.05) is 105 Å². The van der Waals surface area contributed by atoms with E-state index in [4.69, 9.17) is 22.9 Å². The number of rotatable bonds is 55. The second-order valence-corrected chi connectivity index (χ2v) is 39.6. The van der Waals surface area contributed by atoms with Gasteiger partial charge >= 0.3 is 5.97 Å². The summed E-state index contributed by atoms with van der Waals surface area (Å²) >= 11 is 1.93. The number of fused-ring (bicyclic) bond motifs is 3. The fourth-order valence-corrected chi connectivity index (χ4v) is 19.2. The Morgan fingerprint density at radius 3 is 1.88 bits per heavy atom. The average molecular weight is 2050 g/mol. The molecule has 4 aromatic carbocycles. The van der Waals surface area contributed by atoms with Gasteiger partial charge in [-0.05, 0) is 136 Å². The van der Waals surface area contributed by atoms with Crippen LogP contribution in [-0.4, -0.2) is 305 Å². The quantitative estimate of drug-likeness (QED) is 0.0241. The van der Waals surface area contributed by atoms with Crippen LogP contribution in [0.4, 0.5) is 9.52 Å². The summed E-state index contributed by atoms with van der Waals surface area (Å²) in [5.41, 5.74) is 24.9. The number of nitrogens with two attached hydrogens (primary N) is 4. The molecule has 14 atom stereocenters. The van der Waals surface area contributed by atoms with Gasteiger partial charge in [0.25, 0.3) is 5.91 Å². The molecule has 0 spiro atoms. The van der Waals surface area contributed by atoms with Crippen LogP contribution in [-0.2, 0) is 106 Å². The van der Waals surface area contributed by atoms with Crippen molar-refractivity contribution in [3.63, 3.8) is 0 Å². The van der Waals surface area contributed by atoms with Crippen LogP contribution in [0, 0.1) is 23.6 Å². The number of β-amino-alcohol motifs (C(OH)–C–C–N with tert-alkyl or cyclic N) is 1. The summed E-state index contributed by atoms with van der Waals surface area (Å²) in [6.45, 7) is 11.3. The van der Waals surface area contributed by atoms with Gasteiger partial charge in [-0.25, -0.2) is 9.37 Å². The number of carbonyl (C=O) groups is 18. The first-order valence-corrected chi connectivity index (χ1v) is 50.3. The maximum atomic E-state index is 15.9. The number of benzene rings is 4. The van der Waals surface area contributed by atoms with Crippen LogP contribution < -0.4 is 76.1 Å². The van der Waals surface area contributed by atoms with E-state index in [1.54, 1.807) is 101 Å². The SMILES string of the molecule is CCCC[C@@H](C(=O)N(C)[C@@H](CCCC)C(=O)N[C@@H](CC(C)C)C(=O)N[C@@H](CSCC(N)=O)C(=O)NCC(N)=O)N(C)C(=O)/C(=C/c1cn(CC(=O)O)c2ccccc12)NC(=O)[C@H](CCN)NC(=O)[C@H](Cc1c[nH]c2ccccc12)NC(=O)[C@@H]1C[C@@H](O)CN1C(=O)[C@H](CC(C)C)NC(=O)[C@H](CNc1nc2ccc(F)cc2s1)NC(=O)[C@@H]1CCCN1C(=O)[C@H](CC(N)=O)NC(=O)[C@H](C)N(C)C(=O)[C@@H](C)Cc1ccc(O)cc1. The number of aromatic amines is 1. The molecule has 17 amide bonds. The first-order valence-electron chi connectivity index (χ1n) is 48.4. The van der Waals surface area contributed by atoms with Crippen molar-refractivity contribution < 1.29 is 106 Å². The van der Waals surface area contributed by atoms with E-state index >= 15 is 33.6 Å². The lowest BCUT2D eigenvalue weighted by atomic mass is 9.99. The molecule has 43 nitrogen and oxygen atoms in total. The number of phenols is 1. The molecular formula is C99H135FN22O21S2. The Hall–Kier alpha value is -14.2. The first-order chi connectivity index (χ1) is 68.8. The Labute approximate surface area is 846 Å². The number of H-pyrrole nitrogens is 1. The number of aromatic hydroxyl groups is 1. The van der Waals surface area contributed by atoms with Crippen LogP contribution in [0.15, 0.2) is 109 Å². The number of thioether (sulfide) groups is 1. The number of halogens is 1. The molecule has 7 aromatic rings. The Bertz CT molecular complexity index is 5870. The second kappa shape index (κ2) is 54.0. The number of carbonyl (C=O) groups excluding carboxylic acids is 17. The number of anilines is 1.